The van der Waals surface area contributed by atoms with Crippen LogP contribution in [0.25, 0.3) is 0 Å². The predicted octanol–water partition coefficient (Wildman–Crippen LogP) is 1.88. The monoisotopic (exact) mass is 424 g/mol. The van der Waals surface area contributed by atoms with Gasteiger partial charge < -0.3 is 19.9 Å². The Labute approximate surface area is 164 Å². The number of aliphatic carboxylic acids is 1. The number of halogens is 3. The van der Waals surface area contributed by atoms with Gasteiger partial charge in [0.25, 0.3) is 0 Å². The van der Waals surface area contributed by atoms with Crippen LogP contribution in [0.15, 0.2) is 16.8 Å². The van der Waals surface area contributed by atoms with E-state index in [2.05, 4.69) is 27.0 Å². The third kappa shape index (κ3) is 6.43. The van der Waals surface area contributed by atoms with Crippen LogP contribution < -0.4 is 5.32 Å². The first-order valence-electron chi connectivity index (χ1n) is 8.69. The van der Waals surface area contributed by atoms with Gasteiger partial charge in [-0.05, 0) is 28.8 Å². The summed E-state index contributed by atoms with van der Waals surface area (Å²) in [7, 11) is 1.63. The van der Waals surface area contributed by atoms with Gasteiger partial charge in [0.2, 0.25) is 5.91 Å². The third-order valence-corrected chi connectivity index (χ3v) is 5.23. The Bertz CT molecular complexity index is 641. The van der Waals surface area contributed by atoms with Gasteiger partial charge in [-0.1, -0.05) is 0 Å². The molecule has 28 heavy (non-hydrogen) atoms. The molecule has 2 saturated heterocycles. The molecular weight excluding hydrogens is 401 g/mol. The minimum atomic E-state index is -5.08. The largest absolute Gasteiger partial charge is 0.490 e. The Morgan fingerprint density at radius 1 is 1.46 bits per heavy atom. The first-order chi connectivity index (χ1) is 13.2. The van der Waals surface area contributed by atoms with Gasteiger partial charge in [0, 0.05) is 39.2 Å². The topological polar surface area (TPSA) is 88.1 Å². The fourth-order valence-electron chi connectivity index (χ4n) is 3.20. The van der Waals surface area contributed by atoms with Crippen molar-refractivity contribution in [2.24, 2.45) is 0 Å². The third-order valence-electron chi connectivity index (χ3n) is 4.50. The Morgan fingerprint density at radius 2 is 2.18 bits per heavy atom. The standard InChI is InChI=1S/C15H22N2O3S.C2HF3O2/c1-19-6-4-16-15(18)14-8-12-13(20-14)2-5-17(12)9-11-3-7-21-10-11;3-2(4,5)1(6)7/h3,7,10,12-14H,2,4-6,8-9H2,1H3,(H,16,18);(H,6,7)/t12-,13-,14+;/m1./s1. The molecule has 2 aliphatic heterocycles. The fourth-order valence-corrected chi connectivity index (χ4v) is 3.86. The summed E-state index contributed by atoms with van der Waals surface area (Å²) < 4.78 is 42.6. The van der Waals surface area contributed by atoms with Gasteiger partial charge >= 0.3 is 12.1 Å². The highest BCUT2D eigenvalue weighted by Crippen LogP contribution is 2.34. The number of nitrogens with zero attached hydrogens (tertiary/aromatic N) is 1. The lowest BCUT2D eigenvalue weighted by molar-refractivity contribution is -0.192. The number of hydrogen-bond acceptors (Lipinski definition) is 6. The zero-order chi connectivity index (χ0) is 20.7. The molecule has 0 bridgehead atoms. The minimum Gasteiger partial charge on any atom is -0.475 e. The first-order valence-corrected chi connectivity index (χ1v) is 9.64. The number of alkyl halides is 3. The first kappa shape index (κ1) is 22.6. The van der Waals surface area contributed by atoms with Crippen molar-refractivity contribution in [2.45, 2.75) is 43.8 Å². The molecule has 2 fully saturated rings. The Balaban J connectivity index is 0.000000345. The smallest absolute Gasteiger partial charge is 0.475 e. The molecule has 11 heteroatoms. The molecule has 1 aromatic heterocycles. The van der Waals surface area contributed by atoms with Crippen molar-refractivity contribution < 1.29 is 37.3 Å². The number of hydrogen-bond donors (Lipinski definition) is 2. The lowest BCUT2D eigenvalue weighted by Crippen LogP contribution is -2.37. The summed E-state index contributed by atoms with van der Waals surface area (Å²) >= 11 is 1.73. The second-order valence-electron chi connectivity index (χ2n) is 6.44. The second kappa shape index (κ2) is 10.2. The minimum absolute atomic E-state index is 0.00284. The molecular formula is C17H23F3N2O5S. The van der Waals surface area contributed by atoms with Crippen LogP contribution in [0.3, 0.4) is 0 Å². The SMILES string of the molecule is COCCNC(=O)[C@@H]1C[C@@H]2[C@@H](CCN2Cc2ccsc2)O1.O=C(O)C(F)(F)F. The number of thiophene rings is 1. The summed E-state index contributed by atoms with van der Waals surface area (Å²) in [6, 6.07) is 2.55. The van der Waals surface area contributed by atoms with Gasteiger partial charge in [-0.15, -0.1) is 0 Å². The summed E-state index contributed by atoms with van der Waals surface area (Å²) in [5.74, 6) is -2.76. The normalized spacial score (nSPS) is 24.4. The number of fused-ring (bicyclic) bond motifs is 1. The van der Waals surface area contributed by atoms with Gasteiger partial charge in [0.15, 0.2) is 0 Å². The average Bonchev–Trinajstić information content (AvgIpc) is 3.34. The van der Waals surface area contributed by atoms with Crippen LogP contribution in [0.2, 0.25) is 0 Å². The highest BCUT2D eigenvalue weighted by Gasteiger charge is 2.45. The summed E-state index contributed by atoms with van der Waals surface area (Å²) in [5.41, 5.74) is 1.36. The van der Waals surface area contributed by atoms with E-state index in [1.807, 2.05) is 0 Å². The van der Waals surface area contributed by atoms with Gasteiger partial charge in [-0.2, -0.15) is 24.5 Å². The van der Waals surface area contributed by atoms with Gasteiger partial charge in [0.05, 0.1) is 12.7 Å². The number of ether oxygens (including phenoxy) is 2. The highest BCUT2D eigenvalue weighted by molar-refractivity contribution is 7.07. The number of carbonyl (C=O) groups excluding carboxylic acids is 1. The van der Waals surface area contributed by atoms with Crippen LogP contribution in [-0.4, -0.2) is 73.1 Å². The Kier molecular flexibility index (Phi) is 8.23. The number of nitrogens with one attached hydrogen (secondary N) is 1. The van der Waals surface area contributed by atoms with Crippen LogP contribution >= 0.6 is 11.3 Å². The molecule has 3 atom stereocenters. The van der Waals surface area contributed by atoms with Gasteiger partial charge in [-0.25, -0.2) is 4.79 Å². The molecule has 3 heterocycles. The molecule has 0 radical (unpaired) electrons. The molecule has 1 amide bonds. The van der Waals surface area contributed by atoms with Crippen LogP contribution in [-0.2, 0) is 25.6 Å². The van der Waals surface area contributed by atoms with E-state index in [4.69, 9.17) is 19.4 Å². The molecule has 2 N–H and O–H groups in total. The molecule has 0 aliphatic carbocycles. The highest BCUT2D eigenvalue weighted by atomic mass is 32.1. The molecule has 0 spiro atoms. The molecule has 3 rings (SSSR count). The number of rotatable bonds is 6. The number of methoxy groups -OCH3 is 1. The van der Waals surface area contributed by atoms with E-state index in [-0.39, 0.29) is 18.1 Å². The number of carboxylic acid groups (broad SMARTS) is 1. The molecule has 158 valence electrons. The summed E-state index contributed by atoms with van der Waals surface area (Å²) in [5, 5.41) is 14.3. The van der Waals surface area contributed by atoms with Crippen LogP contribution in [0.4, 0.5) is 13.2 Å². The maximum absolute atomic E-state index is 12.1. The van der Waals surface area contributed by atoms with Crippen molar-refractivity contribution in [3.8, 4) is 0 Å². The zero-order valence-corrected chi connectivity index (χ0v) is 16.1. The summed E-state index contributed by atoms with van der Waals surface area (Å²) in [6.45, 7) is 3.11. The number of amides is 1. The van der Waals surface area contributed by atoms with E-state index in [1.165, 1.54) is 5.56 Å². The van der Waals surface area contributed by atoms with Gasteiger partial charge in [0.1, 0.15) is 6.10 Å². The van der Waals surface area contributed by atoms with Crippen molar-refractivity contribution >= 4 is 23.2 Å². The van der Waals surface area contributed by atoms with Crippen molar-refractivity contribution in [3.05, 3.63) is 22.4 Å². The summed E-state index contributed by atoms with van der Waals surface area (Å²) in [6.07, 6.45) is -3.35. The fraction of sp³-hybridized carbons (Fsp3) is 0.647. The second-order valence-corrected chi connectivity index (χ2v) is 7.22. The maximum atomic E-state index is 12.1. The van der Waals surface area contributed by atoms with E-state index >= 15 is 0 Å². The zero-order valence-electron chi connectivity index (χ0n) is 15.3. The summed E-state index contributed by atoms with van der Waals surface area (Å²) in [4.78, 5) is 23.4. The lowest BCUT2D eigenvalue weighted by Gasteiger charge is -2.22. The van der Waals surface area contributed by atoms with E-state index < -0.39 is 12.1 Å². The molecule has 2 aliphatic rings. The van der Waals surface area contributed by atoms with E-state index in [9.17, 15) is 18.0 Å². The van der Waals surface area contributed by atoms with E-state index in [1.54, 1.807) is 18.4 Å². The van der Waals surface area contributed by atoms with Crippen molar-refractivity contribution in [1.82, 2.24) is 10.2 Å². The number of carbonyl (C=O) groups is 2. The van der Waals surface area contributed by atoms with E-state index in [0.717, 1.165) is 25.9 Å². The van der Waals surface area contributed by atoms with E-state index in [0.29, 0.717) is 19.2 Å². The van der Waals surface area contributed by atoms with Crippen LogP contribution in [0, 0.1) is 0 Å². The average molecular weight is 424 g/mol. The van der Waals surface area contributed by atoms with Crippen LogP contribution in [0.1, 0.15) is 18.4 Å². The van der Waals surface area contributed by atoms with Crippen molar-refractivity contribution in [1.29, 1.82) is 0 Å². The Hall–Kier alpha value is -1.69. The molecule has 7 nitrogen and oxygen atoms in total. The molecule has 0 unspecified atom stereocenters. The van der Waals surface area contributed by atoms with Crippen molar-refractivity contribution in [3.63, 3.8) is 0 Å². The molecule has 0 aromatic carbocycles. The lowest BCUT2D eigenvalue weighted by atomic mass is 10.1. The Morgan fingerprint density at radius 3 is 2.75 bits per heavy atom. The van der Waals surface area contributed by atoms with Crippen LogP contribution in [0.5, 0.6) is 0 Å². The molecule has 1 aromatic rings. The number of likely N-dealkylation sites (tertiary alicyclic amines) is 1. The molecule has 0 saturated carbocycles. The number of carboxylic acids is 1. The van der Waals surface area contributed by atoms with Crippen molar-refractivity contribution in [2.75, 3.05) is 26.8 Å². The maximum Gasteiger partial charge on any atom is 0.490 e. The quantitative estimate of drug-likeness (QED) is 0.678. The van der Waals surface area contributed by atoms with Gasteiger partial charge in [-0.3, -0.25) is 9.69 Å². The predicted molar refractivity (Wildman–Crippen MR) is 95.0 cm³/mol.